The van der Waals surface area contributed by atoms with Gasteiger partial charge in [-0.25, -0.2) is 8.42 Å². The van der Waals surface area contributed by atoms with Gasteiger partial charge in [-0.1, -0.05) is 12.1 Å². The molecule has 21 heavy (non-hydrogen) atoms. The van der Waals surface area contributed by atoms with Crippen LogP contribution >= 0.6 is 15.9 Å². The molecule has 0 aromatic heterocycles. The SMILES string of the molecule is O=C(O)CCN1CCN(S(=O)(=O)c2ccccc2Br)CC1. The van der Waals surface area contributed by atoms with Gasteiger partial charge in [-0.3, -0.25) is 4.79 Å². The average Bonchev–Trinajstić information content (AvgIpc) is 2.46. The van der Waals surface area contributed by atoms with Gasteiger partial charge in [0.2, 0.25) is 10.0 Å². The van der Waals surface area contributed by atoms with Gasteiger partial charge in [-0.2, -0.15) is 4.31 Å². The molecule has 1 fully saturated rings. The lowest BCUT2D eigenvalue weighted by atomic mass is 10.3. The van der Waals surface area contributed by atoms with Crippen LogP contribution in [0.4, 0.5) is 0 Å². The molecular formula is C13H17BrN2O4S. The topological polar surface area (TPSA) is 77.9 Å². The fourth-order valence-corrected chi connectivity index (χ4v) is 4.63. The molecule has 1 aliphatic rings. The van der Waals surface area contributed by atoms with Gasteiger partial charge in [0.25, 0.3) is 0 Å². The van der Waals surface area contributed by atoms with E-state index in [2.05, 4.69) is 15.9 Å². The summed E-state index contributed by atoms with van der Waals surface area (Å²) in [6.07, 6.45) is 0.0803. The maximum Gasteiger partial charge on any atom is 0.304 e. The molecule has 6 nitrogen and oxygen atoms in total. The Morgan fingerprint density at radius 3 is 2.38 bits per heavy atom. The number of carbonyl (C=O) groups is 1. The Kier molecular flexibility index (Phi) is 5.37. The number of nitrogens with zero attached hydrogens (tertiary/aromatic N) is 2. The number of benzene rings is 1. The van der Waals surface area contributed by atoms with E-state index >= 15 is 0 Å². The van der Waals surface area contributed by atoms with Gasteiger partial charge in [0.15, 0.2) is 0 Å². The Balaban J connectivity index is 2.01. The number of aliphatic carboxylic acids is 1. The Morgan fingerprint density at radius 2 is 1.81 bits per heavy atom. The molecule has 1 aliphatic heterocycles. The molecule has 116 valence electrons. The molecule has 1 N–H and O–H groups in total. The molecule has 1 heterocycles. The summed E-state index contributed by atoms with van der Waals surface area (Å²) in [7, 11) is -3.50. The molecule has 1 aromatic rings. The van der Waals surface area contributed by atoms with Crippen LogP contribution in [0.3, 0.4) is 0 Å². The molecule has 0 bridgehead atoms. The van der Waals surface area contributed by atoms with Crippen molar-refractivity contribution < 1.29 is 18.3 Å². The summed E-state index contributed by atoms with van der Waals surface area (Å²) in [6.45, 7) is 2.32. The van der Waals surface area contributed by atoms with Crippen molar-refractivity contribution in [2.45, 2.75) is 11.3 Å². The van der Waals surface area contributed by atoms with Crippen molar-refractivity contribution in [2.75, 3.05) is 32.7 Å². The van der Waals surface area contributed by atoms with Crippen molar-refractivity contribution in [3.63, 3.8) is 0 Å². The second-order valence-corrected chi connectivity index (χ2v) is 7.58. The largest absolute Gasteiger partial charge is 0.481 e. The zero-order chi connectivity index (χ0) is 15.5. The highest BCUT2D eigenvalue weighted by molar-refractivity contribution is 9.10. The number of sulfonamides is 1. The van der Waals surface area contributed by atoms with E-state index in [1.165, 1.54) is 4.31 Å². The Bertz CT molecular complexity index is 612. The number of hydrogen-bond acceptors (Lipinski definition) is 4. The molecule has 0 aliphatic carbocycles. The molecule has 0 spiro atoms. The third kappa shape index (κ3) is 4.03. The molecule has 1 saturated heterocycles. The predicted molar refractivity (Wildman–Crippen MR) is 81.6 cm³/mol. The third-order valence-electron chi connectivity index (χ3n) is 3.43. The van der Waals surface area contributed by atoms with Gasteiger partial charge in [0.1, 0.15) is 0 Å². The van der Waals surface area contributed by atoms with E-state index in [4.69, 9.17) is 5.11 Å². The standard InChI is InChI=1S/C13H17BrN2O4S/c14-11-3-1-2-4-12(11)21(19,20)16-9-7-15(8-10-16)6-5-13(17)18/h1-4H,5-10H2,(H,17,18). The van der Waals surface area contributed by atoms with Crippen LogP contribution in [0.1, 0.15) is 6.42 Å². The van der Waals surface area contributed by atoms with E-state index in [-0.39, 0.29) is 11.3 Å². The van der Waals surface area contributed by atoms with Crippen LogP contribution in [0, 0.1) is 0 Å². The van der Waals surface area contributed by atoms with Gasteiger partial charge < -0.3 is 10.0 Å². The Morgan fingerprint density at radius 1 is 1.19 bits per heavy atom. The number of carboxylic acids is 1. The van der Waals surface area contributed by atoms with E-state index in [0.29, 0.717) is 37.2 Å². The van der Waals surface area contributed by atoms with Crippen molar-refractivity contribution in [1.82, 2.24) is 9.21 Å². The van der Waals surface area contributed by atoms with Crippen LogP contribution in [0.25, 0.3) is 0 Å². The monoisotopic (exact) mass is 376 g/mol. The van der Waals surface area contributed by atoms with Crippen molar-refractivity contribution >= 4 is 31.9 Å². The van der Waals surface area contributed by atoms with Gasteiger partial charge in [-0.05, 0) is 28.1 Å². The number of carboxylic acid groups (broad SMARTS) is 1. The normalized spacial score (nSPS) is 17.8. The molecule has 8 heteroatoms. The minimum Gasteiger partial charge on any atom is -0.481 e. The fraction of sp³-hybridized carbons (Fsp3) is 0.462. The van der Waals surface area contributed by atoms with Crippen molar-refractivity contribution in [3.8, 4) is 0 Å². The van der Waals surface area contributed by atoms with Gasteiger partial charge in [0.05, 0.1) is 11.3 Å². The summed E-state index contributed by atoms with van der Waals surface area (Å²) in [5.74, 6) is -0.835. The van der Waals surface area contributed by atoms with Crippen molar-refractivity contribution in [3.05, 3.63) is 28.7 Å². The predicted octanol–water partition coefficient (Wildman–Crippen LogP) is 1.23. The Labute approximate surface area is 132 Å². The molecular weight excluding hydrogens is 360 g/mol. The van der Waals surface area contributed by atoms with Crippen LogP contribution in [-0.4, -0.2) is 61.4 Å². The summed E-state index contributed by atoms with van der Waals surface area (Å²) in [5, 5.41) is 8.67. The first-order chi connectivity index (χ1) is 9.91. The highest BCUT2D eigenvalue weighted by Gasteiger charge is 2.29. The summed E-state index contributed by atoms with van der Waals surface area (Å²) in [4.78, 5) is 12.8. The smallest absolute Gasteiger partial charge is 0.304 e. The summed E-state index contributed by atoms with van der Waals surface area (Å²) >= 11 is 3.27. The minimum absolute atomic E-state index is 0.0803. The van der Waals surface area contributed by atoms with E-state index in [1.807, 2.05) is 4.90 Å². The Hall–Kier alpha value is -0.960. The minimum atomic E-state index is -3.50. The maximum absolute atomic E-state index is 12.6. The van der Waals surface area contributed by atoms with Crippen LogP contribution in [0.5, 0.6) is 0 Å². The summed E-state index contributed by atoms with van der Waals surface area (Å²) in [6, 6.07) is 6.75. The first-order valence-electron chi connectivity index (χ1n) is 6.60. The molecule has 2 rings (SSSR count). The highest BCUT2D eigenvalue weighted by atomic mass is 79.9. The quantitative estimate of drug-likeness (QED) is 0.835. The second kappa shape index (κ2) is 6.87. The lowest BCUT2D eigenvalue weighted by molar-refractivity contribution is -0.137. The first-order valence-corrected chi connectivity index (χ1v) is 8.83. The van der Waals surface area contributed by atoms with E-state index in [1.54, 1.807) is 24.3 Å². The lowest BCUT2D eigenvalue weighted by Crippen LogP contribution is -2.49. The van der Waals surface area contributed by atoms with Gasteiger partial charge in [0, 0.05) is 37.2 Å². The molecule has 1 aromatic carbocycles. The average molecular weight is 377 g/mol. The van der Waals surface area contributed by atoms with Crippen LogP contribution in [-0.2, 0) is 14.8 Å². The highest BCUT2D eigenvalue weighted by Crippen LogP contribution is 2.25. The first kappa shape index (κ1) is 16.4. The fourth-order valence-electron chi connectivity index (χ4n) is 2.24. The van der Waals surface area contributed by atoms with Crippen LogP contribution < -0.4 is 0 Å². The number of piperazine rings is 1. The third-order valence-corrected chi connectivity index (χ3v) is 6.34. The lowest BCUT2D eigenvalue weighted by Gasteiger charge is -2.33. The molecule has 0 amide bonds. The van der Waals surface area contributed by atoms with Gasteiger partial charge in [-0.15, -0.1) is 0 Å². The van der Waals surface area contributed by atoms with E-state index < -0.39 is 16.0 Å². The van der Waals surface area contributed by atoms with Crippen LogP contribution in [0.15, 0.2) is 33.6 Å². The number of halogens is 1. The molecule has 0 atom stereocenters. The van der Waals surface area contributed by atoms with Crippen LogP contribution in [0.2, 0.25) is 0 Å². The van der Waals surface area contributed by atoms with Crippen molar-refractivity contribution in [1.29, 1.82) is 0 Å². The van der Waals surface area contributed by atoms with Gasteiger partial charge >= 0.3 is 5.97 Å². The molecule has 0 unspecified atom stereocenters. The second-order valence-electron chi connectivity index (χ2n) is 4.82. The number of rotatable bonds is 5. The van der Waals surface area contributed by atoms with Crippen molar-refractivity contribution in [2.24, 2.45) is 0 Å². The van der Waals surface area contributed by atoms with E-state index in [9.17, 15) is 13.2 Å². The zero-order valence-corrected chi connectivity index (χ0v) is 13.8. The molecule has 0 radical (unpaired) electrons. The summed E-state index contributed by atoms with van der Waals surface area (Å²) in [5.41, 5.74) is 0. The zero-order valence-electron chi connectivity index (χ0n) is 11.4. The maximum atomic E-state index is 12.6. The summed E-state index contributed by atoms with van der Waals surface area (Å²) < 4.78 is 27.1. The van der Waals surface area contributed by atoms with E-state index in [0.717, 1.165) is 0 Å². The molecule has 0 saturated carbocycles. The number of hydrogen-bond donors (Lipinski definition) is 1.